The third kappa shape index (κ3) is 6.35. The van der Waals surface area contributed by atoms with Gasteiger partial charge in [-0.2, -0.15) is 0 Å². The van der Waals surface area contributed by atoms with Crippen LogP contribution in [0.1, 0.15) is 19.3 Å². The highest BCUT2D eigenvalue weighted by Gasteiger charge is 2.26. The summed E-state index contributed by atoms with van der Waals surface area (Å²) in [6.45, 7) is 1.54. The van der Waals surface area contributed by atoms with Gasteiger partial charge in [0.15, 0.2) is 0 Å². The highest BCUT2D eigenvalue weighted by atomic mass is 35.5. The summed E-state index contributed by atoms with van der Waals surface area (Å²) in [5.74, 6) is 0.161. The van der Waals surface area contributed by atoms with Crippen molar-refractivity contribution in [2.24, 2.45) is 17.4 Å². The van der Waals surface area contributed by atoms with Gasteiger partial charge >= 0.3 is 0 Å². The summed E-state index contributed by atoms with van der Waals surface area (Å²) in [4.78, 5) is 22.8. The monoisotopic (exact) mass is 357 g/mol. The smallest absolute Gasteiger partial charge is 0.241 e. The van der Waals surface area contributed by atoms with Crippen LogP contribution in [0.2, 0.25) is 0 Å². The first-order chi connectivity index (χ1) is 11.1. The summed E-state index contributed by atoms with van der Waals surface area (Å²) in [5, 5.41) is 2.81. The molecule has 1 aliphatic heterocycles. The lowest BCUT2D eigenvalue weighted by atomic mass is 9.92. The van der Waals surface area contributed by atoms with Gasteiger partial charge in [-0.25, -0.2) is 0 Å². The van der Waals surface area contributed by atoms with Crippen molar-refractivity contribution in [1.82, 2.24) is 0 Å². The number of hydrogen-bond donors (Lipinski definition) is 3. The highest BCUT2D eigenvalue weighted by molar-refractivity contribution is 5.94. The second kappa shape index (κ2) is 10.1. The molecule has 1 atom stereocenters. The number of ether oxygens (including phenoxy) is 2. The minimum atomic E-state index is -0.537. The number of halogens is 1. The van der Waals surface area contributed by atoms with Crippen molar-refractivity contribution >= 4 is 29.9 Å². The van der Waals surface area contributed by atoms with Gasteiger partial charge in [0, 0.05) is 18.9 Å². The van der Waals surface area contributed by atoms with Crippen molar-refractivity contribution in [1.29, 1.82) is 0 Å². The zero-order valence-corrected chi connectivity index (χ0v) is 14.2. The Morgan fingerprint density at radius 1 is 1.25 bits per heavy atom. The van der Waals surface area contributed by atoms with E-state index >= 15 is 0 Å². The van der Waals surface area contributed by atoms with Gasteiger partial charge in [0.1, 0.15) is 5.75 Å². The van der Waals surface area contributed by atoms with Gasteiger partial charge in [0.25, 0.3) is 0 Å². The third-order valence-corrected chi connectivity index (χ3v) is 3.82. The molecule has 0 spiro atoms. The fourth-order valence-electron chi connectivity index (χ4n) is 2.42. The molecule has 1 fully saturated rings. The van der Waals surface area contributed by atoms with Gasteiger partial charge in [0.2, 0.25) is 11.8 Å². The van der Waals surface area contributed by atoms with Crippen molar-refractivity contribution in [3.8, 4) is 5.75 Å². The molecule has 1 heterocycles. The van der Waals surface area contributed by atoms with Crippen LogP contribution in [-0.2, 0) is 14.3 Å². The summed E-state index contributed by atoms with van der Waals surface area (Å²) >= 11 is 0. The maximum Gasteiger partial charge on any atom is 0.241 e. The van der Waals surface area contributed by atoms with E-state index in [0.29, 0.717) is 24.7 Å². The maximum absolute atomic E-state index is 12.2. The minimum Gasteiger partial charge on any atom is -0.493 e. The van der Waals surface area contributed by atoms with Gasteiger partial charge in [-0.15, -0.1) is 12.4 Å². The molecule has 1 aliphatic rings. The summed E-state index contributed by atoms with van der Waals surface area (Å²) in [6, 6.07) is 6.36. The first kappa shape index (κ1) is 20.2. The van der Waals surface area contributed by atoms with E-state index in [1.54, 1.807) is 24.3 Å². The van der Waals surface area contributed by atoms with Crippen molar-refractivity contribution in [2.45, 2.75) is 25.3 Å². The van der Waals surface area contributed by atoms with Crippen LogP contribution < -0.4 is 21.5 Å². The number of carbonyl (C=O) groups excluding carboxylic acids is 2. The van der Waals surface area contributed by atoms with Crippen molar-refractivity contribution < 1.29 is 19.1 Å². The number of nitrogens with two attached hydrogens (primary N) is 2. The third-order valence-electron chi connectivity index (χ3n) is 3.82. The van der Waals surface area contributed by atoms with E-state index in [4.69, 9.17) is 20.9 Å². The first-order valence-electron chi connectivity index (χ1n) is 7.71. The molecule has 0 bridgehead atoms. The van der Waals surface area contributed by atoms with Crippen molar-refractivity contribution in [2.75, 3.05) is 25.1 Å². The lowest BCUT2D eigenvalue weighted by molar-refractivity contribution is -0.119. The molecule has 0 radical (unpaired) electrons. The Kier molecular flexibility index (Phi) is 8.53. The number of benzene rings is 1. The van der Waals surface area contributed by atoms with Crippen LogP contribution in [0.15, 0.2) is 24.3 Å². The Hall–Kier alpha value is -1.83. The van der Waals surface area contributed by atoms with Crippen LogP contribution in [0.3, 0.4) is 0 Å². The van der Waals surface area contributed by atoms with E-state index in [0.717, 1.165) is 12.8 Å². The Labute approximate surface area is 147 Å². The van der Waals surface area contributed by atoms with E-state index < -0.39 is 11.9 Å². The van der Waals surface area contributed by atoms with Crippen LogP contribution in [0.5, 0.6) is 5.75 Å². The molecule has 0 aromatic heterocycles. The fourth-order valence-corrected chi connectivity index (χ4v) is 2.42. The Bertz CT molecular complexity index is 533. The van der Waals surface area contributed by atoms with E-state index in [1.165, 1.54) is 0 Å². The highest BCUT2D eigenvalue weighted by Crippen LogP contribution is 2.20. The van der Waals surface area contributed by atoms with Crippen molar-refractivity contribution in [3.05, 3.63) is 24.3 Å². The number of hydrogen-bond acceptors (Lipinski definition) is 5. The molecule has 5 N–H and O–H groups in total. The lowest BCUT2D eigenvalue weighted by Gasteiger charge is -2.26. The van der Waals surface area contributed by atoms with Crippen LogP contribution in [0, 0.1) is 5.92 Å². The second-order valence-electron chi connectivity index (χ2n) is 5.55. The van der Waals surface area contributed by atoms with E-state index in [2.05, 4.69) is 5.32 Å². The predicted molar refractivity (Wildman–Crippen MR) is 93.1 cm³/mol. The fraction of sp³-hybridized carbons (Fsp3) is 0.500. The van der Waals surface area contributed by atoms with Gasteiger partial charge < -0.3 is 26.3 Å². The molecule has 24 heavy (non-hydrogen) atoms. The SMILES string of the molecule is Cl.NC(=O)CCOc1ccc(NC(=O)C(N)C2CCOCC2)cc1. The standard InChI is InChI=1S/C16H23N3O4.ClH/c17-14(20)7-10-23-13-3-1-12(2-4-13)19-16(21)15(18)11-5-8-22-9-6-11;/h1-4,11,15H,5-10,18H2,(H2,17,20)(H,19,21);1H. The predicted octanol–water partition coefficient (Wildman–Crippen LogP) is 1.05. The zero-order chi connectivity index (χ0) is 16.7. The number of amides is 2. The van der Waals surface area contributed by atoms with E-state index in [-0.39, 0.29) is 37.3 Å². The molecule has 2 amide bonds. The normalized spacial score (nSPS) is 15.9. The Morgan fingerprint density at radius 3 is 2.46 bits per heavy atom. The molecular formula is C16H24ClN3O4. The second-order valence-corrected chi connectivity index (χ2v) is 5.55. The summed E-state index contributed by atoms with van der Waals surface area (Å²) in [5.41, 5.74) is 11.7. The largest absolute Gasteiger partial charge is 0.493 e. The topological polar surface area (TPSA) is 117 Å². The molecule has 2 rings (SSSR count). The van der Waals surface area contributed by atoms with Gasteiger partial charge in [0.05, 0.1) is 19.1 Å². The van der Waals surface area contributed by atoms with Gasteiger partial charge in [-0.05, 0) is 43.0 Å². The number of primary amides is 1. The number of carbonyl (C=O) groups is 2. The van der Waals surface area contributed by atoms with Crippen LogP contribution in [0.4, 0.5) is 5.69 Å². The molecule has 0 saturated carbocycles. The molecule has 1 aromatic carbocycles. The lowest BCUT2D eigenvalue weighted by Crippen LogP contribution is -2.43. The van der Waals surface area contributed by atoms with Gasteiger partial charge in [-0.1, -0.05) is 0 Å². The Balaban J connectivity index is 0.00000288. The molecule has 134 valence electrons. The number of anilines is 1. The molecule has 1 unspecified atom stereocenters. The zero-order valence-electron chi connectivity index (χ0n) is 13.4. The number of rotatable bonds is 7. The summed E-state index contributed by atoms with van der Waals surface area (Å²) < 4.78 is 10.6. The van der Waals surface area contributed by atoms with Crippen molar-refractivity contribution in [3.63, 3.8) is 0 Å². The van der Waals surface area contributed by atoms with Gasteiger partial charge in [-0.3, -0.25) is 9.59 Å². The first-order valence-corrected chi connectivity index (χ1v) is 7.71. The average Bonchev–Trinajstić information content (AvgIpc) is 2.56. The summed E-state index contributed by atoms with van der Waals surface area (Å²) in [6.07, 6.45) is 1.78. The maximum atomic E-state index is 12.2. The Morgan fingerprint density at radius 2 is 1.88 bits per heavy atom. The molecule has 1 aromatic rings. The molecular weight excluding hydrogens is 334 g/mol. The van der Waals surface area contributed by atoms with Crippen LogP contribution in [-0.4, -0.2) is 37.7 Å². The molecule has 0 aliphatic carbocycles. The molecule has 8 heteroatoms. The average molecular weight is 358 g/mol. The minimum absolute atomic E-state index is 0. The number of nitrogens with one attached hydrogen (secondary N) is 1. The quantitative estimate of drug-likeness (QED) is 0.674. The van der Waals surface area contributed by atoms with Crippen LogP contribution in [0.25, 0.3) is 0 Å². The summed E-state index contributed by atoms with van der Waals surface area (Å²) in [7, 11) is 0. The molecule has 1 saturated heterocycles. The van der Waals surface area contributed by atoms with E-state index in [9.17, 15) is 9.59 Å². The van der Waals surface area contributed by atoms with Crippen LogP contribution >= 0.6 is 12.4 Å². The molecule has 7 nitrogen and oxygen atoms in total. The van der Waals surface area contributed by atoms with E-state index in [1.807, 2.05) is 0 Å².